The predicted octanol–water partition coefficient (Wildman–Crippen LogP) is 2.56. The summed E-state index contributed by atoms with van der Waals surface area (Å²) in [6, 6.07) is 8.57. The largest absolute Gasteiger partial charge is 0.212 e. The number of rotatable bonds is 0. The quantitative estimate of drug-likeness (QED) is 0.428. The minimum atomic E-state index is 1.12. The molecule has 1 aromatic rings. The van der Waals surface area contributed by atoms with Gasteiger partial charge in [-0.3, -0.25) is 0 Å². The maximum Gasteiger partial charge on any atom is 0.212 e. The summed E-state index contributed by atoms with van der Waals surface area (Å²) in [4.78, 5) is 1.43. The van der Waals surface area contributed by atoms with Gasteiger partial charge in [-0.1, -0.05) is 29.0 Å². The molecule has 0 aromatic heterocycles. The smallest absolute Gasteiger partial charge is 0.148 e. The first-order valence-electron chi connectivity index (χ1n) is 3.20. The lowest BCUT2D eigenvalue weighted by molar-refractivity contribution is 1.26. The first-order valence-corrected chi connectivity index (χ1v) is 5.41. The molecule has 3 heteroatoms. The molecule has 0 unspecified atom stereocenters. The molecule has 49 valence electrons. The molecule has 0 saturated heterocycles. The molecule has 0 amide bonds. The van der Waals surface area contributed by atoms with Crippen LogP contribution in [0.2, 0.25) is 0 Å². The Labute approximate surface area is 69.3 Å². The Balaban J connectivity index is 2.41. The number of hydrogen-bond acceptors (Lipinski definition) is 2. The van der Waals surface area contributed by atoms with Gasteiger partial charge in [0, 0.05) is 4.90 Å². The number of benzene rings is 1. The zero-order valence-corrected chi connectivity index (χ0v) is 7.04. The lowest BCUT2D eigenvalue weighted by Gasteiger charge is -2.11. The van der Waals surface area contributed by atoms with Crippen molar-refractivity contribution in [2.24, 2.45) is 0 Å². The Kier molecular flexibility index (Phi) is 1.96. The van der Waals surface area contributed by atoms with Crippen LogP contribution in [0.25, 0.3) is 0 Å². The zero-order valence-electron chi connectivity index (χ0n) is 5.41. The zero-order chi connectivity index (χ0) is 6.81. The molecule has 1 aliphatic rings. The maximum atomic E-state index is 2.24. The molecular formula is C7H6BS2. The summed E-state index contributed by atoms with van der Waals surface area (Å²) in [6.07, 6.45) is 1.12. The van der Waals surface area contributed by atoms with Gasteiger partial charge in [0.25, 0.3) is 0 Å². The fourth-order valence-corrected chi connectivity index (χ4v) is 2.98. The summed E-state index contributed by atoms with van der Waals surface area (Å²) in [5.41, 5.74) is 1.46. The van der Waals surface area contributed by atoms with E-state index in [0.717, 1.165) is 6.32 Å². The van der Waals surface area contributed by atoms with E-state index in [-0.39, 0.29) is 0 Å². The van der Waals surface area contributed by atoms with Crippen molar-refractivity contribution in [3.63, 3.8) is 0 Å². The van der Waals surface area contributed by atoms with Gasteiger partial charge in [-0.15, -0.1) is 10.6 Å². The van der Waals surface area contributed by atoms with Crippen LogP contribution >= 0.6 is 21.4 Å². The Morgan fingerprint density at radius 3 is 3.10 bits per heavy atom. The highest BCUT2D eigenvalue weighted by molar-refractivity contribution is 8.85. The molecule has 0 saturated carbocycles. The van der Waals surface area contributed by atoms with E-state index in [9.17, 15) is 0 Å². The van der Waals surface area contributed by atoms with Gasteiger partial charge in [0.2, 0.25) is 6.56 Å². The summed E-state index contributed by atoms with van der Waals surface area (Å²) in [7, 11) is 3.68. The first-order chi connectivity index (χ1) is 4.97. The van der Waals surface area contributed by atoms with Crippen LogP contribution in [-0.2, 0) is 6.32 Å². The van der Waals surface area contributed by atoms with Crippen molar-refractivity contribution >= 4 is 28.0 Å². The second-order valence-electron chi connectivity index (χ2n) is 2.16. The lowest BCUT2D eigenvalue weighted by atomic mass is 9.95. The highest BCUT2D eigenvalue weighted by Crippen LogP contribution is 2.37. The minimum absolute atomic E-state index is 1.12. The van der Waals surface area contributed by atoms with Gasteiger partial charge >= 0.3 is 0 Å². The van der Waals surface area contributed by atoms with Crippen molar-refractivity contribution < 1.29 is 0 Å². The van der Waals surface area contributed by atoms with Crippen molar-refractivity contribution in [1.82, 2.24) is 0 Å². The van der Waals surface area contributed by atoms with E-state index in [4.69, 9.17) is 0 Å². The molecule has 1 radical (unpaired) electrons. The highest BCUT2D eigenvalue weighted by Gasteiger charge is 2.08. The molecule has 1 heterocycles. The van der Waals surface area contributed by atoms with E-state index in [1.807, 2.05) is 21.4 Å². The molecule has 0 atom stereocenters. The topological polar surface area (TPSA) is 0 Å². The summed E-state index contributed by atoms with van der Waals surface area (Å²) in [5.74, 6) is 0. The molecular weight excluding hydrogens is 159 g/mol. The van der Waals surface area contributed by atoms with Crippen molar-refractivity contribution in [1.29, 1.82) is 0 Å². The third-order valence-corrected chi connectivity index (χ3v) is 3.69. The molecule has 1 aliphatic heterocycles. The number of hydrogen-bond donors (Lipinski definition) is 0. The van der Waals surface area contributed by atoms with E-state index in [2.05, 4.69) is 30.8 Å². The average molecular weight is 165 g/mol. The van der Waals surface area contributed by atoms with Crippen LogP contribution in [0.15, 0.2) is 29.2 Å². The van der Waals surface area contributed by atoms with E-state index in [1.54, 1.807) is 0 Å². The van der Waals surface area contributed by atoms with Gasteiger partial charge in [-0.2, -0.15) is 0 Å². The van der Waals surface area contributed by atoms with E-state index >= 15 is 0 Å². The number of fused-ring (bicyclic) bond motifs is 1. The third-order valence-electron chi connectivity index (χ3n) is 1.48. The van der Waals surface area contributed by atoms with Crippen LogP contribution in [0.3, 0.4) is 0 Å². The second-order valence-corrected chi connectivity index (χ2v) is 4.37. The molecule has 0 bridgehead atoms. The van der Waals surface area contributed by atoms with Crippen LogP contribution in [0.5, 0.6) is 0 Å². The van der Waals surface area contributed by atoms with E-state index in [1.165, 1.54) is 10.5 Å². The molecule has 0 spiro atoms. The van der Waals surface area contributed by atoms with Crippen molar-refractivity contribution in [3.05, 3.63) is 29.8 Å². The summed E-state index contributed by atoms with van der Waals surface area (Å²) in [5, 5.41) is 0. The Morgan fingerprint density at radius 1 is 1.30 bits per heavy atom. The molecule has 2 rings (SSSR count). The molecule has 0 fully saturated rings. The Bertz CT molecular complexity index is 212. The molecule has 10 heavy (non-hydrogen) atoms. The van der Waals surface area contributed by atoms with Crippen LogP contribution in [-0.4, -0.2) is 6.56 Å². The maximum absolute atomic E-state index is 2.24. The summed E-state index contributed by atoms with van der Waals surface area (Å²) >= 11 is 0. The van der Waals surface area contributed by atoms with Crippen LogP contribution in [0, 0.1) is 0 Å². The first kappa shape index (κ1) is 6.68. The average Bonchev–Trinajstić information content (AvgIpc) is 2.05. The van der Waals surface area contributed by atoms with Gasteiger partial charge in [0.15, 0.2) is 0 Å². The van der Waals surface area contributed by atoms with Crippen molar-refractivity contribution in [2.45, 2.75) is 11.2 Å². The molecule has 0 aliphatic carbocycles. The van der Waals surface area contributed by atoms with Crippen LogP contribution in [0.4, 0.5) is 0 Å². The van der Waals surface area contributed by atoms with Gasteiger partial charge in [-0.25, -0.2) is 0 Å². The second kappa shape index (κ2) is 2.93. The lowest BCUT2D eigenvalue weighted by Crippen LogP contribution is -1.97. The monoisotopic (exact) mass is 165 g/mol. The SMILES string of the molecule is [B]1Cc2ccccc2SS1. The van der Waals surface area contributed by atoms with Crippen molar-refractivity contribution in [2.75, 3.05) is 0 Å². The van der Waals surface area contributed by atoms with E-state index < -0.39 is 0 Å². The van der Waals surface area contributed by atoms with Crippen LogP contribution < -0.4 is 0 Å². The molecule has 0 nitrogen and oxygen atoms in total. The Morgan fingerprint density at radius 2 is 2.20 bits per heavy atom. The normalized spacial score (nSPS) is 15.6. The third kappa shape index (κ3) is 1.20. The molecule has 0 N–H and O–H groups in total. The van der Waals surface area contributed by atoms with Crippen molar-refractivity contribution in [3.8, 4) is 0 Å². The van der Waals surface area contributed by atoms with E-state index in [0.29, 0.717) is 0 Å². The van der Waals surface area contributed by atoms with Gasteiger partial charge in [0.05, 0.1) is 0 Å². The fraction of sp³-hybridized carbons (Fsp3) is 0.143. The molecule has 1 aromatic carbocycles. The predicted molar refractivity (Wildman–Crippen MR) is 49.3 cm³/mol. The van der Waals surface area contributed by atoms with Gasteiger partial charge in [0.1, 0.15) is 0 Å². The van der Waals surface area contributed by atoms with Gasteiger partial charge in [-0.05, 0) is 17.9 Å². The summed E-state index contributed by atoms with van der Waals surface area (Å²) in [6.45, 7) is 2.24. The summed E-state index contributed by atoms with van der Waals surface area (Å²) < 4.78 is 0. The fourth-order valence-electron chi connectivity index (χ4n) is 0.963. The highest BCUT2D eigenvalue weighted by atomic mass is 33.1. The van der Waals surface area contributed by atoms with Gasteiger partial charge < -0.3 is 0 Å². The minimum Gasteiger partial charge on any atom is -0.148 e. The standard InChI is InChI=1S/C7H6BS2/c1-2-4-7-6(3-1)5-8-10-9-7/h1-4H,5H2. The Hall–Kier alpha value is -0.0151. The van der Waals surface area contributed by atoms with Crippen LogP contribution in [0.1, 0.15) is 5.56 Å².